The average Bonchev–Trinajstić information content (AvgIpc) is 3.01. The molecule has 0 saturated heterocycles. The molecule has 2 aromatic heterocycles. The number of rotatable bonds is 1. The van der Waals surface area contributed by atoms with Crippen molar-refractivity contribution >= 4 is 52.2 Å². The molecule has 102 valence electrons. The SMILES string of the molecule is C#Cc1ccc2c(c1)sc1c3ccc(C(C)C)cc3sc21. The Morgan fingerprint density at radius 2 is 1.52 bits per heavy atom. The Balaban J connectivity index is 2.07. The lowest BCUT2D eigenvalue weighted by molar-refractivity contribution is 0.869. The Hall–Kier alpha value is -1.82. The molecule has 0 aliphatic heterocycles. The summed E-state index contributed by atoms with van der Waals surface area (Å²) in [4.78, 5) is 0. The molecular formula is C19H14S2. The quantitative estimate of drug-likeness (QED) is 0.358. The van der Waals surface area contributed by atoms with Crippen molar-refractivity contribution in [2.24, 2.45) is 0 Å². The topological polar surface area (TPSA) is 0 Å². The summed E-state index contributed by atoms with van der Waals surface area (Å²) in [5, 5.41) is 2.71. The zero-order valence-electron chi connectivity index (χ0n) is 11.9. The van der Waals surface area contributed by atoms with E-state index in [0.29, 0.717) is 5.92 Å². The van der Waals surface area contributed by atoms with Crippen molar-refractivity contribution in [3.8, 4) is 12.3 Å². The minimum absolute atomic E-state index is 0.574. The van der Waals surface area contributed by atoms with E-state index in [4.69, 9.17) is 6.42 Å². The summed E-state index contributed by atoms with van der Waals surface area (Å²) in [6.45, 7) is 4.49. The van der Waals surface area contributed by atoms with Gasteiger partial charge in [-0.2, -0.15) is 0 Å². The Bertz CT molecular complexity index is 1020. The van der Waals surface area contributed by atoms with E-state index in [1.54, 1.807) is 0 Å². The molecule has 0 atom stereocenters. The molecular weight excluding hydrogens is 292 g/mol. The van der Waals surface area contributed by atoms with Crippen LogP contribution >= 0.6 is 22.7 Å². The summed E-state index contributed by atoms with van der Waals surface area (Å²) < 4.78 is 5.48. The van der Waals surface area contributed by atoms with Crippen LogP contribution in [-0.2, 0) is 0 Å². The van der Waals surface area contributed by atoms with Gasteiger partial charge < -0.3 is 0 Å². The average molecular weight is 306 g/mol. The largest absolute Gasteiger partial charge is 0.134 e. The Labute approximate surface area is 132 Å². The maximum Gasteiger partial charge on any atom is 0.0542 e. The molecule has 0 bridgehead atoms. The first-order valence-electron chi connectivity index (χ1n) is 7.02. The van der Waals surface area contributed by atoms with E-state index in [2.05, 4.69) is 50.1 Å². The van der Waals surface area contributed by atoms with Gasteiger partial charge >= 0.3 is 0 Å². The summed E-state index contributed by atoms with van der Waals surface area (Å²) in [6, 6.07) is 13.2. The standard InChI is InChI=1S/C19H14S2/c1-4-12-5-7-14-16(9-12)20-19-15-8-6-13(11(2)3)10-17(15)21-18(14)19/h1,5-11H,2-3H3. The number of fused-ring (bicyclic) bond motifs is 5. The van der Waals surface area contributed by atoms with Gasteiger partial charge in [-0.05, 0) is 29.7 Å². The molecule has 4 rings (SSSR count). The molecule has 0 aliphatic rings. The van der Waals surface area contributed by atoms with Crippen LogP contribution in [0.25, 0.3) is 29.6 Å². The van der Waals surface area contributed by atoms with E-state index in [0.717, 1.165) is 5.56 Å². The lowest BCUT2D eigenvalue weighted by Crippen LogP contribution is -1.84. The van der Waals surface area contributed by atoms with E-state index in [9.17, 15) is 0 Å². The fraction of sp³-hybridized carbons (Fsp3) is 0.158. The van der Waals surface area contributed by atoms with Gasteiger partial charge in [0.1, 0.15) is 0 Å². The van der Waals surface area contributed by atoms with Crippen LogP contribution in [0.3, 0.4) is 0 Å². The molecule has 0 N–H and O–H groups in total. The van der Waals surface area contributed by atoms with Crippen LogP contribution in [0.1, 0.15) is 30.9 Å². The van der Waals surface area contributed by atoms with Crippen LogP contribution in [0.15, 0.2) is 36.4 Å². The number of benzene rings is 2. The van der Waals surface area contributed by atoms with Crippen molar-refractivity contribution in [2.75, 3.05) is 0 Å². The second kappa shape index (κ2) is 4.59. The number of terminal acetylenes is 1. The van der Waals surface area contributed by atoms with Gasteiger partial charge in [-0.1, -0.05) is 38.0 Å². The smallest absolute Gasteiger partial charge is 0.0542 e. The van der Waals surface area contributed by atoms with E-state index in [1.807, 2.05) is 28.7 Å². The van der Waals surface area contributed by atoms with Crippen LogP contribution < -0.4 is 0 Å². The molecule has 2 aromatic carbocycles. The first-order valence-corrected chi connectivity index (χ1v) is 8.66. The Morgan fingerprint density at radius 3 is 2.14 bits per heavy atom. The monoisotopic (exact) mass is 306 g/mol. The molecule has 0 unspecified atom stereocenters. The molecule has 0 nitrogen and oxygen atoms in total. The lowest BCUT2D eigenvalue weighted by Gasteiger charge is -2.04. The van der Waals surface area contributed by atoms with Crippen LogP contribution in [0.4, 0.5) is 0 Å². The summed E-state index contributed by atoms with van der Waals surface area (Å²) in [6.07, 6.45) is 5.50. The maximum atomic E-state index is 5.50. The molecule has 0 fully saturated rings. The molecule has 4 aromatic rings. The van der Waals surface area contributed by atoms with E-state index < -0.39 is 0 Å². The highest BCUT2D eigenvalue weighted by atomic mass is 32.1. The first kappa shape index (κ1) is 12.9. The summed E-state index contributed by atoms with van der Waals surface area (Å²) >= 11 is 3.76. The third kappa shape index (κ3) is 1.89. The van der Waals surface area contributed by atoms with Crippen molar-refractivity contribution in [1.82, 2.24) is 0 Å². The molecule has 2 heterocycles. The van der Waals surface area contributed by atoms with Crippen LogP contribution in [0.2, 0.25) is 0 Å². The van der Waals surface area contributed by atoms with Crippen molar-refractivity contribution in [3.05, 3.63) is 47.5 Å². The van der Waals surface area contributed by atoms with E-state index in [1.165, 1.54) is 35.1 Å². The lowest BCUT2D eigenvalue weighted by atomic mass is 10.0. The highest BCUT2D eigenvalue weighted by Crippen LogP contribution is 2.44. The van der Waals surface area contributed by atoms with E-state index in [-0.39, 0.29) is 0 Å². The second-order valence-electron chi connectivity index (χ2n) is 5.63. The van der Waals surface area contributed by atoms with Gasteiger partial charge in [0.05, 0.1) is 9.40 Å². The molecule has 0 radical (unpaired) electrons. The van der Waals surface area contributed by atoms with Gasteiger partial charge in [0, 0.05) is 25.7 Å². The van der Waals surface area contributed by atoms with Gasteiger partial charge in [0.25, 0.3) is 0 Å². The van der Waals surface area contributed by atoms with Gasteiger partial charge in [-0.25, -0.2) is 0 Å². The number of hydrogen-bond acceptors (Lipinski definition) is 2. The maximum absolute atomic E-state index is 5.50. The highest BCUT2D eigenvalue weighted by molar-refractivity contribution is 7.36. The second-order valence-corrected chi connectivity index (χ2v) is 7.73. The number of hydrogen-bond donors (Lipinski definition) is 0. The zero-order chi connectivity index (χ0) is 14.6. The van der Waals surface area contributed by atoms with Crippen molar-refractivity contribution in [1.29, 1.82) is 0 Å². The normalized spacial score (nSPS) is 11.7. The minimum atomic E-state index is 0.574. The van der Waals surface area contributed by atoms with Gasteiger partial charge in [0.15, 0.2) is 0 Å². The summed E-state index contributed by atoms with van der Waals surface area (Å²) in [7, 11) is 0. The zero-order valence-corrected chi connectivity index (χ0v) is 13.6. The summed E-state index contributed by atoms with van der Waals surface area (Å²) in [5.41, 5.74) is 2.37. The van der Waals surface area contributed by atoms with Crippen LogP contribution in [0, 0.1) is 12.3 Å². The molecule has 0 spiro atoms. The fourth-order valence-corrected chi connectivity index (χ4v) is 5.46. The van der Waals surface area contributed by atoms with Gasteiger partial charge in [-0.15, -0.1) is 29.1 Å². The predicted molar refractivity (Wildman–Crippen MR) is 96.7 cm³/mol. The Kier molecular flexibility index (Phi) is 2.82. The molecule has 2 heteroatoms. The van der Waals surface area contributed by atoms with Crippen molar-refractivity contribution < 1.29 is 0 Å². The number of thiophene rings is 2. The van der Waals surface area contributed by atoms with Crippen molar-refractivity contribution in [3.63, 3.8) is 0 Å². The molecule has 0 amide bonds. The third-order valence-electron chi connectivity index (χ3n) is 3.94. The predicted octanol–water partition coefficient (Wildman–Crippen LogP) is 6.37. The molecule has 0 aliphatic carbocycles. The van der Waals surface area contributed by atoms with Crippen LogP contribution in [-0.4, -0.2) is 0 Å². The van der Waals surface area contributed by atoms with Crippen LogP contribution in [0.5, 0.6) is 0 Å². The van der Waals surface area contributed by atoms with Crippen molar-refractivity contribution in [2.45, 2.75) is 19.8 Å². The molecule has 21 heavy (non-hydrogen) atoms. The fourth-order valence-electron chi connectivity index (χ4n) is 2.72. The van der Waals surface area contributed by atoms with E-state index >= 15 is 0 Å². The Morgan fingerprint density at radius 1 is 0.905 bits per heavy atom. The first-order chi connectivity index (χ1) is 10.2. The third-order valence-corrected chi connectivity index (χ3v) is 6.44. The van der Waals surface area contributed by atoms with Gasteiger partial charge in [-0.3, -0.25) is 0 Å². The van der Waals surface area contributed by atoms with Gasteiger partial charge in [0.2, 0.25) is 0 Å². The molecule has 0 saturated carbocycles. The minimum Gasteiger partial charge on any atom is -0.134 e. The summed E-state index contributed by atoms with van der Waals surface area (Å²) in [5.74, 6) is 3.30. The highest BCUT2D eigenvalue weighted by Gasteiger charge is 2.13.